The lowest BCUT2D eigenvalue weighted by atomic mass is 10.1. The van der Waals surface area contributed by atoms with Crippen LogP contribution in [0, 0.1) is 0 Å². The summed E-state index contributed by atoms with van der Waals surface area (Å²) in [6.45, 7) is 5.90. The lowest BCUT2D eigenvalue weighted by Gasteiger charge is -2.23. The molecule has 0 unspecified atom stereocenters. The molecule has 19 heavy (non-hydrogen) atoms. The van der Waals surface area contributed by atoms with E-state index in [1.54, 1.807) is 4.90 Å². The monoisotopic (exact) mass is 290 g/mol. The first kappa shape index (κ1) is 16.1. The van der Waals surface area contributed by atoms with Gasteiger partial charge in [0.2, 0.25) is 0 Å². The first-order valence-electron chi connectivity index (χ1n) is 6.39. The first-order valence-corrected chi connectivity index (χ1v) is 7.38. The van der Waals surface area contributed by atoms with Gasteiger partial charge in [0.1, 0.15) is 0 Å². The minimum Gasteiger partial charge on any atom is -0.479 e. The lowest BCUT2D eigenvalue weighted by Crippen LogP contribution is -2.42. The van der Waals surface area contributed by atoms with E-state index in [0.717, 1.165) is 12.2 Å². The zero-order valence-electron chi connectivity index (χ0n) is 11.4. The standard InChI is InChI=1S/C12H22N2O4S/c1-12(2)4-6-14(7-8-19-12)11(18)13-5-3-9(15)10(16)17/h9,15H,3-8H2,1-2H3,(H,13,18)(H,16,17)/t9-/m0/s1. The Morgan fingerprint density at radius 1 is 1.42 bits per heavy atom. The molecule has 1 aliphatic rings. The molecule has 2 amide bonds. The molecule has 3 N–H and O–H groups in total. The number of amides is 2. The Labute approximate surface area is 117 Å². The number of nitrogens with zero attached hydrogens (tertiary/aromatic N) is 1. The van der Waals surface area contributed by atoms with Gasteiger partial charge in [0, 0.05) is 36.6 Å². The largest absolute Gasteiger partial charge is 0.479 e. The molecule has 1 atom stereocenters. The van der Waals surface area contributed by atoms with Crippen molar-refractivity contribution in [2.24, 2.45) is 0 Å². The van der Waals surface area contributed by atoms with Gasteiger partial charge in [0.25, 0.3) is 0 Å². The summed E-state index contributed by atoms with van der Waals surface area (Å²) in [6, 6.07) is -0.184. The van der Waals surface area contributed by atoms with Gasteiger partial charge in [0.05, 0.1) is 0 Å². The predicted octanol–water partition coefficient (Wildman–Crippen LogP) is 0.749. The van der Waals surface area contributed by atoms with Crippen LogP contribution in [-0.4, -0.2) is 63.4 Å². The number of rotatable bonds is 4. The number of aliphatic hydroxyl groups is 1. The van der Waals surface area contributed by atoms with E-state index < -0.39 is 12.1 Å². The maximum Gasteiger partial charge on any atom is 0.332 e. The second kappa shape index (κ2) is 7.00. The molecule has 0 spiro atoms. The average Bonchev–Trinajstić information content (AvgIpc) is 2.49. The zero-order chi connectivity index (χ0) is 14.5. The van der Waals surface area contributed by atoms with Crippen molar-refractivity contribution in [3.63, 3.8) is 0 Å². The number of hydrogen-bond acceptors (Lipinski definition) is 4. The molecule has 0 aromatic rings. The first-order chi connectivity index (χ1) is 8.82. The van der Waals surface area contributed by atoms with Gasteiger partial charge in [0.15, 0.2) is 6.10 Å². The molecule has 1 saturated heterocycles. The summed E-state index contributed by atoms with van der Waals surface area (Å²) in [5.74, 6) is -0.361. The van der Waals surface area contributed by atoms with Gasteiger partial charge in [-0.3, -0.25) is 0 Å². The highest BCUT2D eigenvalue weighted by molar-refractivity contribution is 8.00. The Bertz CT molecular complexity index is 336. The van der Waals surface area contributed by atoms with Crippen LogP contribution in [0.3, 0.4) is 0 Å². The van der Waals surface area contributed by atoms with Crippen molar-refractivity contribution in [3.05, 3.63) is 0 Å². The van der Waals surface area contributed by atoms with Gasteiger partial charge < -0.3 is 20.4 Å². The van der Waals surface area contributed by atoms with Crippen molar-refractivity contribution in [2.75, 3.05) is 25.4 Å². The van der Waals surface area contributed by atoms with E-state index in [-0.39, 0.29) is 23.7 Å². The van der Waals surface area contributed by atoms with Gasteiger partial charge in [-0.05, 0) is 6.42 Å². The molecular formula is C12H22N2O4S. The molecule has 110 valence electrons. The molecule has 0 aliphatic carbocycles. The predicted molar refractivity (Wildman–Crippen MR) is 74.4 cm³/mol. The molecule has 1 aliphatic heterocycles. The Morgan fingerprint density at radius 2 is 2.11 bits per heavy atom. The quantitative estimate of drug-likeness (QED) is 0.711. The second-order valence-electron chi connectivity index (χ2n) is 5.22. The lowest BCUT2D eigenvalue weighted by molar-refractivity contribution is -0.146. The number of nitrogens with one attached hydrogen (secondary N) is 1. The molecule has 0 aromatic carbocycles. The fourth-order valence-electron chi connectivity index (χ4n) is 1.77. The molecule has 0 bridgehead atoms. The zero-order valence-corrected chi connectivity index (χ0v) is 12.2. The van der Waals surface area contributed by atoms with Crippen molar-refractivity contribution >= 4 is 23.8 Å². The number of carbonyl (C=O) groups is 2. The molecule has 7 heteroatoms. The van der Waals surface area contributed by atoms with E-state index in [4.69, 9.17) is 10.2 Å². The third-order valence-corrected chi connectivity index (χ3v) is 4.48. The van der Waals surface area contributed by atoms with E-state index in [1.807, 2.05) is 11.8 Å². The van der Waals surface area contributed by atoms with Crippen molar-refractivity contribution in [1.82, 2.24) is 10.2 Å². The van der Waals surface area contributed by atoms with Crippen LogP contribution >= 0.6 is 11.8 Å². The number of urea groups is 1. The minimum atomic E-state index is -1.42. The second-order valence-corrected chi connectivity index (χ2v) is 7.02. The Morgan fingerprint density at radius 3 is 2.74 bits per heavy atom. The highest BCUT2D eigenvalue weighted by atomic mass is 32.2. The van der Waals surface area contributed by atoms with Gasteiger partial charge in [-0.1, -0.05) is 13.8 Å². The smallest absolute Gasteiger partial charge is 0.332 e. The molecular weight excluding hydrogens is 268 g/mol. The highest BCUT2D eigenvalue weighted by Gasteiger charge is 2.25. The highest BCUT2D eigenvalue weighted by Crippen LogP contribution is 2.30. The van der Waals surface area contributed by atoms with E-state index >= 15 is 0 Å². The summed E-state index contributed by atoms with van der Waals surface area (Å²) in [5, 5.41) is 20.3. The van der Waals surface area contributed by atoms with Crippen LogP contribution in [0.1, 0.15) is 26.7 Å². The molecule has 1 heterocycles. The van der Waals surface area contributed by atoms with Crippen molar-refractivity contribution < 1.29 is 19.8 Å². The fraction of sp³-hybridized carbons (Fsp3) is 0.833. The number of aliphatic carboxylic acids is 1. The van der Waals surface area contributed by atoms with E-state index in [0.29, 0.717) is 13.1 Å². The van der Waals surface area contributed by atoms with Gasteiger partial charge in [-0.25, -0.2) is 9.59 Å². The third-order valence-electron chi connectivity index (χ3n) is 3.10. The average molecular weight is 290 g/mol. The Hall–Kier alpha value is -0.950. The number of aliphatic hydroxyl groups excluding tert-OH is 1. The SMILES string of the molecule is CC1(C)CCN(C(=O)NCC[C@H](O)C(=O)O)CCS1. The Kier molecular flexibility index (Phi) is 5.93. The third kappa shape index (κ3) is 5.69. The number of carbonyl (C=O) groups excluding carboxylic acids is 1. The number of carboxylic acid groups (broad SMARTS) is 1. The van der Waals surface area contributed by atoms with Crippen LogP contribution in [0.4, 0.5) is 4.79 Å². The van der Waals surface area contributed by atoms with E-state index in [2.05, 4.69) is 19.2 Å². The van der Waals surface area contributed by atoms with Crippen molar-refractivity contribution in [3.8, 4) is 0 Å². The summed E-state index contributed by atoms with van der Waals surface area (Å²) < 4.78 is 0.189. The van der Waals surface area contributed by atoms with Crippen LogP contribution in [0.5, 0.6) is 0 Å². The van der Waals surface area contributed by atoms with Gasteiger partial charge in [-0.2, -0.15) is 11.8 Å². The summed E-state index contributed by atoms with van der Waals surface area (Å²) in [5.41, 5.74) is 0. The van der Waals surface area contributed by atoms with Crippen molar-refractivity contribution in [1.29, 1.82) is 0 Å². The fourth-order valence-corrected chi connectivity index (χ4v) is 2.87. The number of carboxylic acids is 1. The van der Waals surface area contributed by atoms with Crippen LogP contribution in [0.25, 0.3) is 0 Å². The molecule has 0 radical (unpaired) electrons. The normalized spacial score (nSPS) is 20.5. The van der Waals surface area contributed by atoms with E-state index in [9.17, 15) is 9.59 Å². The Balaban J connectivity index is 2.31. The van der Waals surface area contributed by atoms with Crippen LogP contribution in [-0.2, 0) is 4.79 Å². The van der Waals surface area contributed by atoms with Crippen LogP contribution in [0.2, 0.25) is 0 Å². The molecule has 6 nitrogen and oxygen atoms in total. The topological polar surface area (TPSA) is 89.9 Å². The summed E-state index contributed by atoms with van der Waals surface area (Å²) in [7, 11) is 0. The number of hydrogen-bond donors (Lipinski definition) is 3. The van der Waals surface area contributed by atoms with E-state index in [1.165, 1.54) is 0 Å². The summed E-state index contributed by atoms with van der Waals surface area (Å²) in [4.78, 5) is 24.1. The molecule has 1 rings (SSSR count). The van der Waals surface area contributed by atoms with Crippen LogP contribution < -0.4 is 5.32 Å². The van der Waals surface area contributed by atoms with Crippen molar-refractivity contribution in [2.45, 2.75) is 37.5 Å². The molecule has 1 fully saturated rings. The van der Waals surface area contributed by atoms with Crippen LogP contribution in [0.15, 0.2) is 0 Å². The van der Waals surface area contributed by atoms with Gasteiger partial charge in [-0.15, -0.1) is 0 Å². The number of thioether (sulfide) groups is 1. The summed E-state index contributed by atoms with van der Waals surface area (Å²) >= 11 is 1.86. The summed E-state index contributed by atoms with van der Waals surface area (Å²) in [6.07, 6.45) is -0.461. The van der Waals surface area contributed by atoms with Gasteiger partial charge >= 0.3 is 12.0 Å². The minimum absolute atomic E-state index is 0.0230. The molecule has 0 saturated carbocycles. The molecule has 0 aromatic heterocycles. The maximum atomic E-state index is 11.9. The maximum absolute atomic E-state index is 11.9.